The van der Waals surface area contributed by atoms with Crippen molar-refractivity contribution in [2.75, 3.05) is 41.0 Å². The van der Waals surface area contributed by atoms with Crippen molar-refractivity contribution in [1.29, 1.82) is 0 Å². The zero-order chi connectivity index (χ0) is 23.4. The highest BCUT2D eigenvalue weighted by Gasteiger charge is 2.36. The molecule has 1 fully saturated rings. The summed E-state index contributed by atoms with van der Waals surface area (Å²) in [4.78, 5) is 30.8. The van der Waals surface area contributed by atoms with Crippen LogP contribution in [0.5, 0.6) is 17.2 Å². The van der Waals surface area contributed by atoms with E-state index in [9.17, 15) is 9.59 Å². The third-order valence-electron chi connectivity index (χ3n) is 6.34. The van der Waals surface area contributed by atoms with Gasteiger partial charge in [-0.05, 0) is 42.7 Å². The second-order valence-electron chi connectivity index (χ2n) is 8.16. The smallest absolute Gasteiger partial charge is 0.264 e. The van der Waals surface area contributed by atoms with E-state index in [0.29, 0.717) is 54.6 Å². The molecule has 0 aliphatic carbocycles. The summed E-state index contributed by atoms with van der Waals surface area (Å²) in [5, 5.41) is 1.90. The topological polar surface area (TPSA) is 68.3 Å². The summed E-state index contributed by atoms with van der Waals surface area (Å²) < 4.78 is 16.6. The Bertz CT molecular complexity index is 1010. The van der Waals surface area contributed by atoms with Gasteiger partial charge in [0.2, 0.25) is 5.91 Å². The van der Waals surface area contributed by atoms with Crippen molar-refractivity contribution in [3.63, 3.8) is 0 Å². The van der Waals surface area contributed by atoms with Crippen molar-refractivity contribution in [3.05, 3.63) is 46.2 Å². The summed E-state index contributed by atoms with van der Waals surface area (Å²) in [6, 6.07) is 6.98. The molecule has 1 saturated heterocycles. The third kappa shape index (κ3) is 4.71. The lowest BCUT2D eigenvalue weighted by Gasteiger charge is -2.38. The van der Waals surface area contributed by atoms with Gasteiger partial charge in [0.25, 0.3) is 5.91 Å². The lowest BCUT2D eigenvalue weighted by Crippen LogP contribution is -2.53. The Labute approximate surface area is 198 Å². The molecule has 2 amide bonds. The molecule has 7 nitrogen and oxygen atoms in total. The van der Waals surface area contributed by atoms with E-state index in [2.05, 4.69) is 6.08 Å². The fourth-order valence-electron chi connectivity index (χ4n) is 4.60. The first-order chi connectivity index (χ1) is 16.1. The summed E-state index contributed by atoms with van der Waals surface area (Å²) in [5.74, 6) is 2.01. The second kappa shape index (κ2) is 10.3. The molecule has 33 heavy (non-hydrogen) atoms. The number of piperidine rings is 1. The monoisotopic (exact) mass is 470 g/mol. The predicted octanol–water partition coefficient (Wildman–Crippen LogP) is 4.08. The molecule has 2 aromatic rings. The molecule has 1 aromatic carbocycles. The molecule has 1 atom stereocenters. The van der Waals surface area contributed by atoms with Gasteiger partial charge in [0.05, 0.1) is 31.8 Å². The Hall–Kier alpha value is -3.00. The normalized spacial score (nSPS) is 18.5. The van der Waals surface area contributed by atoms with E-state index >= 15 is 0 Å². The molecule has 3 heterocycles. The average molecular weight is 471 g/mol. The highest BCUT2D eigenvalue weighted by atomic mass is 32.1. The van der Waals surface area contributed by atoms with Crippen molar-refractivity contribution in [3.8, 4) is 17.2 Å². The van der Waals surface area contributed by atoms with E-state index in [1.54, 1.807) is 26.2 Å². The molecular formula is C25H30N2O5S. The number of likely N-dealkylation sites (tertiary alicyclic amines) is 1. The predicted molar refractivity (Wildman–Crippen MR) is 128 cm³/mol. The molecule has 2 aliphatic rings. The van der Waals surface area contributed by atoms with E-state index in [-0.39, 0.29) is 11.8 Å². The maximum atomic E-state index is 13.5. The SMILES string of the molecule is COc1cc(OC)c(C2=CCN(C(=O)C3CCCCN3C(=O)c3cccs3)CC2)c(OC)c1. The second-order valence-corrected chi connectivity index (χ2v) is 9.11. The van der Waals surface area contributed by atoms with Gasteiger partial charge in [-0.1, -0.05) is 12.1 Å². The minimum Gasteiger partial charge on any atom is -0.496 e. The van der Waals surface area contributed by atoms with E-state index in [1.165, 1.54) is 11.3 Å². The molecule has 1 unspecified atom stereocenters. The summed E-state index contributed by atoms with van der Waals surface area (Å²) in [6.45, 7) is 1.70. The maximum Gasteiger partial charge on any atom is 0.264 e. The molecule has 4 rings (SSSR count). The van der Waals surface area contributed by atoms with Gasteiger partial charge in [0.1, 0.15) is 23.3 Å². The Morgan fingerprint density at radius 1 is 1.03 bits per heavy atom. The Balaban J connectivity index is 1.53. The number of methoxy groups -OCH3 is 3. The van der Waals surface area contributed by atoms with Gasteiger partial charge in [-0.25, -0.2) is 0 Å². The summed E-state index contributed by atoms with van der Waals surface area (Å²) in [6.07, 6.45) is 5.34. The van der Waals surface area contributed by atoms with Crippen molar-refractivity contribution in [2.24, 2.45) is 0 Å². The van der Waals surface area contributed by atoms with Gasteiger partial charge < -0.3 is 24.0 Å². The number of amides is 2. The molecule has 0 bridgehead atoms. The van der Waals surface area contributed by atoms with Crippen LogP contribution >= 0.6 is 11.3 Å². The minimum absolute atomic E-state index is 0.0311. The molecule has 0 radical (unpaired) electrons. The Morgan fingerprint density at radius 3 is 2.36 bits per heavy atom. The van der Waals surface area contributed by atoms with Crippen molar-refractivity contribution >= 4 is 28.7 Å². The first-order valence-electron chi connectivity index (χ1n) is 11.2. The lowest BCUT2D eigenvalue weighted by atomic mass is 9.95. The Morgan fingerprint density at radius 2 is 1.79 bits per heavy atom. The zero-order valence-corrected chi connectivity index (χ0v) is 20.2. The molecule has 0 N–H and O–H groups in total. The number of ether oxygens (including phenoxy) is 3. The van der Waals surface area contributed by atoms with Crippen LogP contribution < -0.4 is 14.2 Å². The highest BCUT2D eigenvalue weighted by Crippen LogP contribution is 2.41. The van der Waals surface area contributed by atoms with Crippen LogP contribution in [0.1, 0.15) is 40.9 Å². The molecule has 0 spiro atoms. The van der Waals surface area contributed by atoms with Crippen LogP contribution in [0.15, 0.2) is 35.7 Å². The quantitative estimate of drug-likeness (QED) is 0.636. The lowest BCUT2D eigenvalue weighted by molar-refractivity contribution is -0.136. The van der Waals surface area contributed by atoms with Gasteiger partial charge >= 0.3 is 0 Å². The fourth-order valence-corrected chi connectivity index (χ4v) is 5.28. The van der Waals surface area contributed by atoms with Crippen LogP contribution in [-0.2, 0) is 4.79 Å². The maximum absolute atomic E-state index is 13.5. The number of rotatable bonds is 6. The van der Waals surface area contributed by atoms with Crippen LogP contribution in [0, 0.1) is 0 Å². The van der Waals surface area contributed by atoms with Gasteiger partial charge in [0.15, 0.2) is 0 Å². The standard InChI is InChI=1S/C25H30N2O5S/c1-30-18-15-20(31-2)23(21(16-18)32-3)17-9-12-26(13-10-17)24(28)19-7-4-5-11-27(19)25(29)22-8-6-14-33-22/h6,8-9,14-16,19H,4-5,7,10-13H2,1-3H3. The minimum atomic E-state index is -0.395. The van der Waals surface area contributed by atoms with Gasteiger partial charge in [-0.3, -0.25) is 9.59 Å². The van der Waals surface area contributed by atoms with Crippen molar-refractivity contribution < 1.29 is 23.8 Å². The van der Waals surface area contributed by atoms with Crippen LogP contribution in [0.3, 0.4) is 0 Å². The summed E-state index contributed by atoms with van der Waals surface area (Å²) in [7, 11) is 4.85. The van der Waals surface area contributed by atoms with E-state index in [0.717, 1.165) is 24.0 Å². The first-order valence-corrected chi connectivity index (χ1v) is 12.1. The molecule has 176 valence electrons. The van der Waals surface area contributed by atoms with Crippen molar-refractivity contribution in [2.45, 2.75) is 31.7 Å². The molecule has 0 saturated carbocycles. The zero-order valence-electron chi connectivity index (χ0n) is 19.3. The molecule has 8 heteroatoms. The fraction of sp³-hybridized carbons (Fsp3) is 0.440. The number of hydrogen-bond acceptors (Lipinski definition) is 6. The number of thiophene rings is 1. The number of hydrogen-bond donors (Lipinski definition) is 0. The number of carbonyl (C=O) groups excluding carboxylic acids is 2. The highest BCUT2D eigenvalue weighted by molar-refractivity contribution is 7.12. The average Bonchev–Trinajstić information content (AvgIpc) is 3.42. The van der Waals surface area contributed by atoms with Crippen molar-refractivity contribution in [1.82, 2.24) is 9.80 Å². The number of nitrogens with zero attached hydrogens (tertiary/aromatic N) is 2. The van der Waals surface area contributed by atoms with E-state index < -0.39 is 6.04 Å². The van der Waals surface area contributed by atoms with Crippen LogP contribution in [-0.4, -0.2) is 68.6 Å². The summed E-state index contributed by atoms with van der Waals surface area (Å²) in [5.41, 5.74) is 1.96. The molecule has 2 aliphatic heterocycles. The number of carbonyl (C=O) groups is 2. The van der Waals surface area contributed by atoms with Gasteiger partial charge in [0, 0.05) is 31.8 Å². The first kappa shape index (κ1) is 23.2. The van der Waals surface area contributed by atoms with E-state index in [1.807, 2.05) is 34.5 Å². The molecular weight excluding hydrogens is 440 g/mol. The van der Waals surface area contributed by atoms with Crippen LogP contribution in [0.4, 0.5) is 0 Å². The van der Waals surface area contributed by atoms with Crippen LogP contribution in [0.25, 0.3) is 5.57 Å². The largest absolute Gasteiger partial charge is 0.496 e. The number of benzene rings is 1. The van der Waals surface area contributed by atoms with Gasteiger partial charge in [-0.2, -0.15) is 0 Å². The van der Waals surface area contributed by atoms with E-state index in [4.69, 9.17) is 14.2 Å². The van der Waals surface area contributed by atoms with Gasteiger partial charge in [-0.15, -0.1) is 11.3 Å². The molecule has 1 aromatic heterocycles. The van der Waals surface area contributed by atoms with Crippen LogP contribution in [0.2, 0.25) is 0 Å². The Kier molecular flexibility index (Phi) is 7.23. The summed E-state index contributed by atoms with van der Waals surface area (Å²) >= 11 is 1.42. The third-order valence-corrected chi connectivity index (χ3v) is 7.20.